The van der Waals surface area contributed by atoms with E-state index in [1.54, 1.807) is 0 Å². The normalized spacial score (nSPS) is 12.4. The lowest BCUT2D eigenvalue weighted by atomic mass is 10.1. The summed E-state index contributed by atoms with van der Waals surface area (Å²) in [5.74, 6) is 0. The van der Waals surface area contributed by atoms with Crippen molar-refractivity contribution in [1.29, 1.82) is 0 Å². The lowest BCUT2D eigenvalue weighted by Gasteiger charge is -2.18. The number of hydrogen-bond acceptors (Lipinski definition) is 1. The predicted octanol–water partition coefficient (Wildman–Crippen LogP) is 5.02. The molecule has 1 unspecified atom stereocenters. The molecular weight excluding hydrogens is 206 g/mol. The molecule has 1 atom stereocenters. The molecule has 0 radical (unpaired) electrons. The number of nitrogens with one attached hydrogen (secondary N) is 1. The van der Waals surface area contributed by atoms with Crippen molar-refractivity contribution in [3.05, 3.63) is 29.8 Å². The molecule has 1 N–H and O–H groups in total. The maximum atomic E-state index is 3.63. The summed E-state index contributed by atoms with van der Waals surface area (Å²) in [4.78, 5) is 0. The van der Waals surface area contributed by atoms with Crippen molar-refractivity contribution in [1.82, 2.24) is 0 Å². The molecule has 1 nitrogen and oxygen atoms in total. The Bertz CT molecular complexity index is 289. The van der Waals surface area contributed by atoms with Gasteiger partial charge in [-0.1, -0.05) is 52.2 Å². The second-order valence-corrected chi connectivity index (χ2v) is 4.84. The summed E-state index contributed by atoms with van der Waals surface area (Å²) in [6.45, 7) is 6.75. The van der Waals surface area contributed by atoms with Gasteiger partial charge in [0.05, 0.1) is 0 Å². The lowest BCUT2D eigenvalue weighted by molar-refractivity contribution is 0.593. The van der Waals surface area contributed by atoms with Crippen LogP contribution in [-0.2, 0) is 6.42 Å². The van der Waals surface area contributed by atoms with Crippen LogP contribution in [0.3, 0.4) is 0 Å². The van der Waals surface area contributed by atoms with Gasteiger partial charge in [0.1, 0.15) is 0 Å². The van der Waals surface area contributed by atoms with E-state index in [2.05, 4.69) is 50.4 Å². The van der Waals surface area contributed by atoms with Crippen LogP contribution in [0.2, 0.25) is 0 Å². The van der Waals surface area contributed by atoms with Gasteiger partial charge < -0.3 is 5.32 Å². The van der Waals surface area contributed by atoms with Gasteiger partial charge >= 0.3 is 0 Å². The van der Waals surface area contributed by atoms with E-state index >= 15 is 0 Å². The maximum absolute atomic E-state index is 3.63. The van der Waals surface area contributed by atoms with Gasteiger partial charge in [0.15, 0.2) is 0 Å². The first-order chi connectivity index (χ1) is 8.30. The van der Waals surface area contributed by atoms with Crippen molar-refractivity contribution >= 4 is 5.69 Å². The highest BCUT2D eigenvalue weighted by molar-refractivity contribution is 5.45. The second kappa shape index (κ2) is 8.16. The fourth-order valence-corrected chi connectivity index (χ4v) is 2.12. The van der Waals surface area contributed by atoms with Crippen LogP contribution in [0.1, 0.15) is 58.4 Å². The summed E-state index contributed by atoms with van der Waals surface area (Å²) in [6, 6.07) is 9.57. The van der Waals surface area contributed by atoms with Gasteiger partial charge in [0.25, 0.3) is 0 Å². The largest absolute Gasteiger partial charge is 0.382 e. The third-order valence-corrected chi connectivity index (χ3v) is 3.26. The summed E-state index contributed by atoms with van der Waals surface area (Å²) in [5, 5.41) is 3.63. The highest BCUT2D eigenvalue weighted by Gasteiger charge is 2.04. The van der Waals surface area contributed by atoms with E-state index in [-0.39, 0.29) is 0 Å². The second-order valence-electron chi connectivity index (χ2n) is 4.84. The average molecular weight is 233 g/mol. The minimum absolute atomic E-state index is 0.631. The Morgan fingerprint density at radius 1 is 1.00 bits per heavy atom. The van der Waals surface area contributed by atoms with Crippen LogP contribution in [0.4, 0.5) is 5.69 Å². The Hall–Kier alpha value is -0.980. The Morgan fingerprint density at radius 3 is 2.24 bits per heavy atom. The summed E-state index contributed by atoms with van der Waals surface area (Å²) < 4.78 is 0. The number of unbranched alkanes of at least 4 members (excludes halogenated alkanes) is 1. The van der Waals surface area contributed by atoms with E-state index < -0.39 is 0 Å². The van der Waals surface area contributed by atoms with Crippen LogP contribution in [0.5, 0.6) is 0 Å². The van der Waals surface area contributed by atoms with Gasteiger partial charge in [-0.3, -0.25) is 0 Å². The highest BCUT2D eigenvalue weighted by Crippen LogP contribution is 2.15. The summed E-state index contributed by atoms with van der Waals surface area (Å²) in [5.41, 5.74) is 2.72. The average Bonchev–Trinajstić information content (AvgIpc) is 2.37. The number of benzene rings is 1. The molecule has 0 aliphatic heterocycles. The van der Waals surface area contributed by atoms with Gasteiger partial charge in [-0.05, 0) is 37.0 Å². The van der Waals surface area contributed by atoms with Crippen molar-refractivity contribution in [3.8, 4) is 0 Å². The smallest absolute Gasteiger partial charge is 0.0342 e. The van der Waals surface area contributed by atoms with Gasteiger partial charge in [-0.15, -0.1) is 0 Å². The van der Waals surface area contributed by atoms with E-state index in [9.17, 15) is 0 Å². The van der Waals surface area contributed by atoms with Crippen molar-refractivity contribution in [2.45, 2.75) is 65.3 Å². The number of hydrogen-bond donors (Lipinski definition) is 1. The maximum Gasteiger partial charge on any atom is 0.0342 e. The quantitative estimate of drug-likeness (QED) is 0.664. The monoisotopic (exact) mass is 233 g/mol. The summed E-state index contributed by atoms with van der Waals surface area (Å²) in [7, 11) is 0. The minimum Gasteiger partial charge on any atom is -0.382 e. The van der Waals surface area contributed by atoms with Crippen LogP contribution in [0, 0.1) is 0 Å². The van der Waals surface area contributed by atoms with Crippen molar-refractivity contribution in [2.24, 2.45) is 0 Å². The fraction of sp³-hybridized carbons (Fsp3) is 0.625. The van der Waals surface area contributed by atoms with Gasteiger partial charge in [-0.25, -0.2) is 0 Å². The Morgan fingerprint density at radius 2 is 1.71 bits per heavy atom. The molecule has 0 saturated carbocycles. The first kappa shape index (κ1) is 14.1. The molecule has 0 spiro atoms. The van der Waals surface area contributed by atoms with Crippen LogP contribution >= 0.6 is 0 Å². The van der Waals surface area contributed by atoms with E-state index in [1.807, 2.05) is 0 Å². The van der Waals surface area contributed by atoms with Crippen LogP contribution in [-0.4, -0.2) is 6.04 Å². The Labute approximate surface area is 107 Å². The lowest BCUT2D eigenvalue weighted by Crippen LogP contribution is -2.18. The molecule has 0 saturated heterocycles. The number of aryl methyl sites for hydroxylation is 1. The molecule has 0 aromatic heterocycles. The Kier molecular flexibility index (Phi) is 6.76. The SMILES string of the molecule is CCCCC(CC)Nc1ccc(CCC)cc1. The van der Waals surface area contributed by atoms with Crippen LogP contribution in [0.25, 0.3) is 0 Å². The predicted molar refractivity (Wildman–Crippen MR) is 77.7 cm³/mol. The molecular formula is C16H27N. The molecule has 0 heterocycles. The molecule has 0 bridgehead atoms. The zero-order valence-electron chi connectivity index (χ0n) is 11.6. The standard InChI is InChI=1S/C16H27N/c1-4-7-9-15(6-3)17-16-12-10-14(8-5-2)11-13-16/h10-13,15,17H,4-9H2,1-3H3. The zero-order chi connectivity index (χ0) is 12.5. The van der Waals surface area contributed by atoms with Gasteiger partial charge in [0, 0.05) is 11.7 Å². The highest BCUT2D eigenvalue weighted by atomic mass is 14.9. The molecule has 0 amide bonds. The third kappa shape index (κ3) is 5.25. The minimum atomic E-state index is 0.631. The molecule has 0 fully saturated rings. The van der Waals surface area contributed by atoms with E-state index in [4.69, 9.17) is 0 Å². The van der Waals surface area contributed by atoms with E-state index in [0.717, 1.165) is 0 Å². The molecule has 1 rings (SSSR count). The third-order valence-electron chi connectivity index (χ3n) is 3.26. The fourth-order valence-electron chi connectivity index (χ4n) is 2.12. The molecule has 0 aliphatic rings. The van der Waals surface area contributed by atoms with Gasteiger partial charge in [-0.2, -0.15) is 0 Å². The molecule has 96 valence electrons. The number of anilines is 1. The van der Waals surface area contributed by atoms with Crippen molar-refractivity contribution in [3.63, 3.8) is 0 Å². The van der Waals surface area contributed by atoms with E-state index in [1.165, 1.54) is 49.8 Å². The first-order valence-corrected chi connectivity index (χ1v) is 7.15. The molecule has 1 heteroatoms. The Balaban J connectivity index is 2.48. The molecule has 0 aliphatic carbocycles. The van der Waals surface area contributed by atoms with Crippen LogP contribution in [0.15, 0.2) is 24.3 Å². The summed E-state index contributed by atoms with van der Waals surface area (Å²) >= 11 is 0. The zero-order valence-corrected chi connectivity index (χ0v) is 11.6. The summed E-state index contributed by atoms with van der Waals surface area (Å²) in [6.07, 6.45) is 7.50. The van der Waals surface area contributed by atoms with Crippen LogP contribution < -0.4 is 5.32 Å². The molecule has 17 heavy (non-hydrogen) atoms. The van der Waals surface area contributed by atoms with Crippen molar-refractivity contribution in [2.75, 3.05) is 5.32 Å². The van der Waals surface area contributed by atoms with Gasteiger partial charge in [0.2, 0.25) is 0 Å². The molecule has 1 aromatic carbocycles. The van der Waals surface area contributed by atoms with Crippen molar-refractivity contribution < 1.29 is 0 Å². The first-order valence-electron chi connectivity index (χ1n) is 7.15. The number of rotatable bonds is 8. The van der Waals surface area contributed by atoms with E-state index in [0.29, 0.717) is 6.04 Å². The topological polar surface area (TPSA) is 12.0 Å². The molecule has 1 aromatic rings.